The van der Waals surface area contributed by atoms with Gasteiger partial charge in [0.2, 0.25) is 0 Å². The van der Waals surface area contributed by atoms with Crippen LogP contribution < -0.4 is 4.74 Å². The smallest absolute Gasteiger partial charge is 0.310 e. The van der Waals surface area contributed by atoms with Crippen LogP contribution in [0.15, 0.2) is 34.9 Å². The Hall–Kier alpha value is -2.37. The largest absolute Gasteiger partial charge is 0.493 e. The van der Waals surface area contributed by atoms with Crippen LogP contribution in [-0.4, -0.2) is 22.7 Å². The zero-order valence-electron chi connectivity index (χ0n) is 13.9. The highest BCUT2D eigenvalue weighted by atomic mass is 16.6. The maximum Gasteiger partial charge on any atom is 0.310 e. The van der Waals surface area contributed by atoms with Crippen molar-refractivity contribution >= 4 is 5.97 Å². The first-order chi connectivity index (χ1) is 10.9. The van der Waals surface area contributed by atoms with Gasteiger partial charge < -0.3 is 14.0 Å². The molecular weight excluding hydrogens is 296 g/mol. The van der Waals surface area contributed by atoms with E-state index in [-0.39, 0.29) is 24.4 Å². The van der Waals surface area contributed by atoms with Crippen LogP contribution in [0.25, 0.3) is 0 Å². The Labute approximate surface area is 135 Å². The van der Waals surface area contributed by atoms with Crippen molar-refractivity contribution in [2.24, 2.45) is 0 Å². The molecular formula is C17H22N2O4. The monoisotopic (exact) mass is 318 g/mol. The topological polar surface area (TPSA) is 74.5 Å². The molecule has 23 heavy (non-hydrogen) atoms. The maximum absolute atomic E-state index is 11.8. The minimum absolute atomic E-state index is 0.152. The number of nitrogens with zero attached hydrogens (tertiary/aromatic N) is 2. The Morgan fingerprint density at radius 1 is 1.26 bits per heavy atom. The van der Waals surface area contributed by atoms with Crippen LogP contribution >= 0.6 is 0 Å². The summed E-state index contributed by atoms with van der Waals surface area (Å²) in [5, 5.41) is 3.92. The van der Waals surface area contributed by atoms with Gasteiger partial charge in [0.25, 0.3) is 5.89 Å². The second kappa shape index (κ2) is 7.26. The minimum atomic E-state index is -0.581. The van der Waals surface area contributed by atoms with E-state index in [1.807, 2.05) is 51.1 Å². The first-order valence-corrected chi connectivity index (χ1v) is 7.57. The molecule has 0 saturated carbocycles. The molecule has 0 spiro atoms. The molecule has 0 aliphatic carbocycles. The SMILES string of the molecule is CC(OC(=O)CCOc1ccccc1)c1nc(C(C)(C)C)no1. The van der Waals surface area contributed by atoms with Crippen LogP contribution in [0, 0.1) is 0 Å². The summed E-state index contributed by atoms with van der Waals surface area (Å²) in [6, 6.07) is 9.32. The summed E-state index contributed by atoms with van der Waals surface area (Å²) in [5.74, 6) is 1.24. The number of carbonyl (C=O) groups excluding carboxylic acids is 1. The van der Waals surface area contributed by atoms with Gasteiger partial charge in [0.1, 0.15) is 5.75 Å². The van der Waals surface area contributed by atoms with Crippen molar-refractivity contribution in [3.63, 3.8) is 0 Å². The van der Waals surface area contributed by atoms with Crippen molar-refractivity contribution in [1.29, 1.82) is 0 Å². The molecule has 0 aliphatic heterocycles. The molecule has 2 rings (SSSR count). The lowest BCUT2D eigenvalue weighted by Gasteiger charge is -2.12. The molecule has 1 aromatic carbocycles. The maximum atomic E-state index is 11.8. The second-order valence-corrected chi connectivity index (χ2v) is 6.25. The fraction of sp³-hybridized carbons (Fsp3) is 0.471. The molecule has 0 N–H and O–H groups in total. The highest BCUT2D eigenvalue weighted by Gasteiger charge is 2.24. The Morgan fingerprint density at radius 3 is 2.57 bits per heavy atom. The number of esters is 1. The van der Waals surface area contributed by atoms with Crippen LogP contribution in [-0.2, 0) is 14.9 Å². The van der Waals surface area contributed by atoms with Gasteiger partial charge >= 0.3 is 5.97 Å². The summed E-state index contributed by atoms with van der Waals surface area (Å²) in [7, 11) is 0. The van der Waals surface area contributed by atoms with E-state index in [1.54, 1.807) is 6.92 Å². The summed E-state index contributed by atoms with van der Waals surface area (Å²) in [5.41, 5.74) is -0.213. The summed E-state index contributed by atoms with van der Waals surface area (Å²) in [6.45, 7) is 7.92. The van der Waals surface area contributed by atoms with E-state index in [4.69, 9.17) is 14.0 Å². The fourth-order valence-electron chi connectivity index (χ4n) is 1.78. The lowest BCUT2D eigenvalue weighted by atomic mass is 9.96. The van der Waals surface area contributed by atoms with Crippen LogP contribution in [0.1, 0.15) is 51.9 Å². The van der Waals surface area contributed by atoms with Crippen molar-refractivity contribution in [2.45, 2.75) is 45.6 Å². The zero-order valence-corrected chi connectivity index (χ0v) is 13.9. The molecule has 6 nitrogen and oxygen atoms in total. The van der Waals surface area contributed by atoms with Crippen LogP contribution in [0.5, 0.6) is 5.75 Å². The van der Waals surface area contributed by atoms with E-state index in [1.165, 1.54) is 0 Å². The molecule has 0 radical (unpaired) electrons. The predicted molar refractivity (Wildman–Crippen MR) is 84.1 cm³/mol. The third kappa shape index (κ3) is 5.09. The van der Waals surface area contributed by atoms with Crippen molar-refractivity contribution in [2.75, 3.05) is 6.61 Å². The molecule has 2 aromatic rings. The molecule has 0 aliphatic rings. The third-order valence-corrected chi connectivity index (χ3v) is 3.09. The molecule has 0 saturated heterocycles. The summed E-state index contributed by atoms with van der Waals surface area (Å²) in [6.07, 6.45) is -0.428. The number of ether oxygens (including phenoxy) is 2. The van der Waals surface area contributed by atoms with Gasteiger partial charge in [0, 0.05) is 5.41 Å². The standard InChI is InChI=1S/C17H22N2O4/c1-12(15-18-16(19-23-15)17(2,3)4)22-14(20)10-11-21-13-8-6-5-7-9-13/h5-9,12H,10-11H2,1-4H3. The first-order valence-electron chi connectivity index (χ1n) is 7.57. The Balaban J connectivity index is 1.79. The van der Waals surface area contributed by atoms with Gasteiger partial charge in [-0.2, -0.15) is 4.98 Å². The molecule has 0 amide bonds. The number of benzene rings is 1. The number of hydrogen-bond acceptors (Lipinski definition) is 6. The van der Waals surface area contributed by atoms with E-state index in [2.05, 4.69) is 10.1 Å². The van der Waals surface area contributed by atoms with E-state index in [0.29, 0.717) is 11.7 Å². The summed E-state index contributed by atoms with van der Waals surface area (Å²) < 4.78 is 15.9. The summed E-state index contributed by atoms with van der Waals surface area (Å²) in [4.78, 5) is 16.1. The lowest BCUT2D eigenvalue weighted by molar-refractivity contribution is -0.150. The Morgan fingerprint density at radius 2 is 1.96 bits per heavy atom. The average molecular weight is 318 g/mol. The van der Waals surface area contributed by atoms with Gasteiger partial charge in [0.05, 0.1) is 13.0 Å². The van der Waals surface area contributed by atoms with E-state index >= 15 is 0 Å². The number of aromatic nitrogens is 2. The van der Waals surface area contributed by atoms with E-state index in [9.17, 15) is 4.79 Å². The molecule has 1 aromatic heterocycles. The number of rotatable bonds is 6. The molecule has 0 bridgehead atoms. The summed E-state index contributed by atoms with van der Waals surface area (Å²) >= 11 is 0. The van der Waals surface area contributed by atoms with Gasteiger partial charge in [0.15, 0.2) is 11.9 Å². The third-order valence-electron chi connectivity index (χ3n) is 3.09. The van der Waals surface area contributed by atoms with E-state index in [0.717, 1.165) is 5.75 Å². The van der Waals surface area contributed by atoms with Gasteiger partial charge in [-0.1, -0.05) is 44.1 Å². The van der Waals surface area contributed by atoms with Gasteiger partial charge in [-0.3, -0.25) is 4.79 Å². The van der Waals surface area contributed by atoms with Crippen molar-refractivity contribution in [3.05, 3.63) is 42.0 Å². The Kier molecular flexibility index (Phi) is 5.36. The van der Waals surface area contributed by atoms with Gasteiger partial charge in [-0.15, -0.1) is 0 Å². The van der Waals surface area contributed by atoms with Crippen LogP contribution in [0.3, 0.4) is 0 Å². The molecule has 1 unspecified atom stereocenters. The number of carbonyl (C=O) groups is 1. The lowest BCUT2D eigenvalue weighted by Crippen LogP contribution is -2.15. The van der Waals surface area contributed by atoms with E-state index < -0.39 is 6.10 Å². The van der Waals surface area contributed by atoms with Crippen LogP contribution in [0.2, 0.25) is 0 Å². The second-order valence-electron chi connectivity index (χ2n) is 6.25. The normalized spacial score (nSPS) is 12.7. The minimum Gasteiger partial charge on any atom is -0.493 e. The van der Waals surface area contributed by atoms with Crippen molar-refractivity contribution in [1.82, 2.24) is 10.1 Å². The Bertz CT molecular complexity index is 632. The quantitative estimate of drug-likeness (QED) is 0.760. The highest BCUT2D eigenvalue weighted by molar-refractivity contribution is 5.69. The van der Waals surface area contributed by atoms with Gasteiger partial charge in [-0.05, 0) is 19.1 Å². The van der Waals surface area contributed by atoms with Crippen molar-refractivity contribution in [3.8, 4) is 5.75 Å². The number of hydrogen-bond donors (Lipinski definition) is 0. The molecule has 1 heterocycles. The molecule has 1 atom stereocenters. The predicted octanol–water partition coefficient (Wildman–Crippen LogP) is 3.44. The van der Waals surface area contributed by atoms with Crippen LogP contribution in [0.4, 0.5) is 0 Å². The zero-order chi connectivity index (χ0) is 16.9. The molecule has 6 heteroatoms. The molecule has 124 valence electrons. The fourth-order valence-corrected chi connectivity index (χ4v) is 1.78. The highest BCUT2D eigenvalue weighted by Crippen LogP contribution is 2.22. The van der Waals surface area contributed by atoms with Gasteiger partial charge in [-0.25, -0.2) is 0 Å². The first kappa shape index (κ1) is 17.0. The molecule has 0 fully saturated rings. The number of para-hydroxylation sites is 1. The average Bonchev–Trinajstić information content (AvgIpc) is 2.98. The van der Waals surface area contributed by atoms with Crippen molar-refractivity contribution < 1.29 is 18.8 Å².